The van der Waals surface area contributed by atoms with E-state index in [2.05, 4.69) is 9.97 Å². The van der Waals surface area contributed by atoms with Crippen LogP contribution in [0.4, 0.5) is 14.6 Å². The maximum Gasteiger partial charge on any atom is 0.162 e. The first kappa shape index (κ1) is 9.59. The van der Waals surface area contributed by atoms with Crippen molar-refractivity contribution < 1.29 is 25.3 Å². The van der Waals surface area contributed by atoms with E-state index in [0.29, 0.717) is 22.7 Å². The Labute approximate surface area is 184 Å². The quantitative estimate of drug-likeness (QED) is 0.625. The van der Waals surface area contributed by atoms with Crippen LogP contribution in [0, 0.1) is 11.6 Å². The maximum atomic E-state index is 13.7. The van der Waals surface area contributed by atoms with Crippen LogP contribution < -0.4 is 5.31 Å². The topological polar surface area (TPSA) is 41.1 Å². The van der Waals surface area contributed by atoms with Crippen LogP contribution in [-0.4, -0.2) is 34.0 Å². The van der Waals surface area contributed by atoms with E-state index in [9.17, 15) is 8.78 Å². The van der Waals surface area contributed by atoms with Crippen LogP contribution in [-0.2, 0) is 6.50 Å². The normalized spacial score (nSPS) is 25.0. The summed E-state index contributed by atoms with van der Waals surface area (Å²) in [7, 11) is 0. The van der Waals surface area contributed by atoms with Gasteiger partial charge in [-0.3, -0.25) is 4.90 Å². The van der Waals surface area contributed by atoms with Crippen LogP contribution in [0.15, 0.2) is 30.5 Å². The van der Waals surface area contributed by atoms with E-state index in [0.717, 1.165) is 12.1 Å². The van der Waals surface area contributed by atoms with Gasteiger partial charge >= 0.3 is 0 Å². The van der Waals surface area contributed by atoms with Crippen molar-refractivity contribution in [3.63, 3.8) is 0 Å². The van der Waals surface area contributed by atoms with Crippen molar-refractivity contribution in [3.8, 4) is 0 Å². The number of aromatic nitrogens is 2. The lowest BCUT2D eigenvalue weighted by molar-refractivity contribution is 0.211. The van der Waals surface area contributed by atoms with Crippen molar-refractivity contribution in [3.05, 3.63) is 52.6 Å². The minimum Gasteiger partial charge on any atom is -0.367 e. The number of anilines is 1. The molecule has 0 aliphatic carbocycles. The average molecular weight is 415 g/mol. The van der Waals surface area contributed by atoms with Crippen LogP contribution in [0.25, 0.3) is 10.2 Å². The zero-order valence-electron chi connectivity index (χ0n) is 26.6. The van der Waals surface area contributed by atoms with E-state index in [1.54, 1.807) is 0 Å². The van der Waals surface area contributed by atoms with Crippen LogP contribution in [0.1, 0.15) is 58.0 Å². The Kier molecular flexibility index (Phi) is 2.77. The van der Waals surface area contributed by atoms with Gasteiger partial charge in [-0.25, -0.2) is 18.7 Å². The van der Waals surface area contributed by atoms with Gasteiger partial charge in [0.25, 0.3) is 0 Å². The number of thiophene rings is 1. The fourth-order valence-corrected chi connectivity index (χ4v) is 3.72. The van der Waals surface area contributed by atoms with Crippen molar-refractivity contribution >= 4 is 27.4 Å². The van der Waals surface area contributed by atoms with Crippen molar-refractivity contribution in [2.75, 3.05) is 18.4 Å². The van der Waals surface area contributed by atoms with Gasteiger partial charge in [0.2, 0.25) is 0 Å². The molecule has 28 heavy (non-hydrogen) atoms. The molecular formula is C21H24F2N4S. The zero-order chi connectivity index (χ0) is 30.0. The number of nitrogens with zero attached hydrogens (tertiary/aromatic N) is 3. The summed E-state index contributed by atoms with van der Waals surface area (Å²) in [6.45, 7) is -8.48. The van der Waals surface area contributed by atoms with Gasteiger partial charge in [0, 0.05) is 47.5 Å². The molecule has 148 valence electrons. The molecule has 1 aliphatic rings. The summed E-state index contributed by atoms with van der Waals surface area (Å²) in [5, 5.41) is 0.488. The molecule has 1 fully saturated rings. The molecule has 7 heteroatoms. The number of hydrogen-bond donors (Lipinski definition) is 1. The highest BCUT2D eigenvalue weighted by atomic mass is 32.1. The average Bonchev–Trinajstić information content (AvgIpc) is 3.10. The molecule has 0 bridgehead atoms. The maximum absolute atomic E-state index is 13.7. The molecule has 2 aromatic heterocycles. The van der Waals surface area contributed by atoms with E-state index < -0.39 is 56.1 Å². The summed E-state index contributed by atoms with van der Waals surface area (Å²) >= 11 is 0.612. The fraction of sp³-hybridized carbons (Fsp3) is 0.429. The van der Waals surface area contributed by atoms with Crippen molar-refractivity contribution in [1.29, 1.82) is 0 Å². The number of piperidine rings is 1. The van der Waals surface area contributed by atoms with Gasteiger partial charge in [0.1, 0.15) is 30.0 Å². The number of hydrogen-bond acceptors (Lipinski definition) is 5. The summed E-state index contributed by atoms with van der Waals surface area (Å²) in [5.74, 6) is -4.25. The molecule has 1 saturated heterocycles. The first-order chi connectivity index (χ1) is 18.3. The molecule has 3 heterocycles. The first-order valence-electron chi connectivity index (χ1n) is 14.5. The van der Waals surface area contributed by atoms with E-state index in [1.165, 1.54) is 4.90 Å². The molecule has 4 nitrogen and oxygen atoms in total. The minimum atomic E-state index is -2.99. The number of halogens is 2. The van der Waals surface area contributed by atoms with Crippen LogP contribution in [0.3, 0.4) is 0 Å². The fourth-order valence-electron chi connectivity index (χ4n) is 2.91. The largest absolute Gasteiger partial charge is 0.367 e. The number of nitrogens with one attached hydrogen (secondary N) is 1. The lowest BCUT2D eigenvalue weighted by atomic mass is 10.0. The number of rotatable bonds is 5. The predicted octanol–water partition coefficient (Wildman–Crippen LogP) is 5.17. The second-order valence-corrected chi connectivity index (χ2v) is 7.32. The second-order valence-electron chi connectivity index (χ2n) is 6.29. The summed E-state index contributed by atoms with van der Waals surface area (Å²) in [6.07, 6.45) is -0.883. The molecule has 1 aromatic carbocycles. The highest BCUT2D eigenvalue weighted by Crippen LogP contribution is 2.33. The minimum absolute atomic E-state index is 0.0729. The molecule has 1 aliphatic heterocycles. The molecular weight excluding hydrogens is 378 g/mol. The number of likely N-dealkylation sites (tertiary alicyclic amines) is 1. The van der Waals surface area contributed by atoms with E-state index in [-0.39, 0.29) is 52.4 Å². The Hall–Kier alpha value is -2.12. The lowest BCUT2D eigenvalue weighted by Crippen LogP contribution is -2.38. The summed E-state index contributed by atoms with van der Waals surface area (Å²) in [6, 6.07) is 0.113. The molecule has 1 N–H and O–H groups in total. The predicted molar refractivity (Wildman–Crippen MR) is 110 cm³/mol. The Morgan fingerprint density at radius 1 is 1.36 bits per heavy atom. The third-order valence-electron chi connectivity index (χ3n) is 4.22. The third-order valence-corrected chi connectivity index (χ3v) is 5.26. The third kappa shape index (κ3) is 4.31. The van der Waals surface area contributed by atoms with Crippen LogP contribution in [0.2, 0.25) is 1.41 Å². The van der Waals surface area contributed by atoms with Gasteiger partial charge in [0.15, 0.2) is 1.41 Å². The zero-order valence-corrected chi connectivity index (χ0v) is 15.4. The van der Waals surface area contributed by atoms with Crippen molar-refractivity contribution in [2.45, 2.75) is 45.0 Å². The van der Waals surface area contributed by atoms with E-state index in [4.69, 9.17) is 16.5 Å². The van der Waals surface area contributed by atoms with Crippen LogP contribution in [0.5, 0.6) is 0 Å². The van der Waals surface area contributed by atoms with E-state index in [1.807, 2.05) is 0 Å². The van der Waals surface area contributed by atoms with Crippen molar-refractivity contribution in [1.82, 2.24) is 14.9 Å². The van der Waals surface area contributed by atoms with Gasteiger partial charge in [-0.1, -0.05) is 13.7 Å². The molecule has 0 amide bonds. The Morgan fingerprint density at radius 3 is 2.82 bits per heavy atom. The molecule has 0 atom stereocenters. The molecule has 3 aromatic rings. The van der Waals surface area contributed by atoms with E-state index >= 15 is 0 Å². The Morgan fingerprint density at radius 2 is 2.11 bits per heavy atom. The van der Waals surface area contributed by atoms with Gasteiger partial charge in [0.05, 0.1) is 8.13 Å². The summed E-state index contributed by atoms with van der Waals surface area (Å²) in [4.78, 5) is 8.71. The monoisotopic (exact) mass is 414 g/mol. The van der Waals surface area contributed by atoms with Gasteiger partial charge in [-0.15, -0.1) is 11.3 Å². The molecule has 0 saturated carbocycles. The summed E-state index contributed by atoms with van der Waals surface area (Å²) < 4.78 is 125. The molecule has 0 spiro atoms. The molecule has 0 unspecified atom stereocenters. The number of benzene rings is 1. The van der Waals surface area contributed by atoms with Gasteiger partial charge in [-0.2, -0.15) is 0 Å². The molecule has 0 radical (unpaired) electrons. The van der Waals surface area contributed by atoms with Gasteiger partial charge in [-0.05, 0) is 42.5 Å². The highest BCUT2D eigenvalue weighted by molar-refractivity contribution is 7.18. The highest BCUT2D eigenvalue weighted by Gasteiger charge is 2.21. The SMILES string of the molecule is [2H]c1nc(N([2H])C2([2H])CCN(C([2H])([2H])c3cc(F)cc(F)c3)CC2)c2c([2H])c(C(C([2H])([2H])[2H])C([2H])([2H])[2H])sc2n1. The Bertz CT molecular complexity index is 1390. The lowest BCUT2D eigenvalue weighted by Gasteiger charge is -2.32. The van der Waals surface area contributed by atoms with Crippen LogP contribution >= 0.6 is 11.3 Å². The van der Waals surface area contributed by atoms with Gasteiger partial charge < -0.3 is 5.31 Å². The Balaban J connectivity index is 1.68. The second kappa shape index (κ2) is 8.09. The standard InChI is InChI=1S/C21H24F2N4S/c1-13(2)19-10-18-20(24-12-25-21(18)28-19)26-17-3-5-27(6-4-17)11-14-7-15(22)9-16(23)8-14/h7-10,12-13,17H,3-6,11H2,1-2H3,(H,24,25,26)/i1D3,2D3,10D,11D2,12D,17D/hD. The van der Waals surface area contributed by atoms with Crippen molar-refractivity contribution in [2.24, 2.45) is 0 Å². The number of fused-ring (bicyclic) bond motifs is 1. The first-order valence-corrected chi connectivity index (χ1v) is 9.36. The smallest absolute Gasteiger partial charge is 0.162 e. The molecule has 4 rings (SSSR count). The summed E-state index contributed by atoms with van der Waals surface area (Å²) in [5.41, 5.74) is -0.246.